The van der Waals surface area contributed by atoms with Gasteiger partial charge in [-0.3, -0.25) is 5.10 Å². The van der Waals surface area contributed by atoms with Crippen molar-refractivity contribution in [3.63, 3.8) is 0 Å². The number of aromatic nitrogens is 3. The maximum Gasteiger partial charge on any atom is 0.216 e. The van der Waals surface area contributed by atoms with E-state index in [1.54, 1.807) is 6.26 Å². The van der Waals surface area contributed by atoms with E-state index in [4.69, 9.17) is 14.1 Å². The van der Waals surface area contributed by atoms with Gasteiger partial charge in [0.2, 0.25) is 5.82 Å². The summed E-state index contributed by atoms with van der Waals surface area (Å²) in [4.78, 5) is 9.20. The molecule has 0 fully saturated rings. The second kappa shape index (κ2) is 13.1. The SMILES string of the molecule is CCNC(=NCc1ccc(C)cc1OC(C)CC)NCCc1nc(-c2ccco2)n[nH]1.I. The average molecular weight is 552 g/mol. The molecule has 0 saturated carbocycles. The number of halogens is 1. The Hall–Kier alpha value is -2.56. The Labute approximate surface area is 206 Å². The Morgan fingerprint density at radius 3 is 2.81 bits per heavy atom. The van der Waals surface area contributed by atoms with Gasteiger partial charge in [-0.25, -0.2) is 9.98 Å². The fraction of sp³-hybridized carbons (Fsp3) is 0.435. The molecule has 2 aromatic heterocycles. The number of guanidine groups is 1. The Bertz CT molecular complexity index is 971. The van der Waals surface area contributed by atoms with E-state index >= 15 is 0 Å². The molecule has 1 unspecified atom stereocenters. The molecule has 0 aliphatic carbocycles. The number of nitrogens with one attached hydrogen (secondary N) is 3. The van der Waals surface area contributed by atoms with Crippen molar-refractivity contribution >= 4 is 29.9 Å². The van der Waals surface area contributed by atoms with Crippen molar-refractivity contribution in [1.29, 1.82) is 0 Å². The van der Waals surface area contributed by atoms with E-state index in [1.165, 1.54) is 5.56 Å². The lowest BCUT2D eigenvalue weighted by Gasteiger charge is -2.17. The highest BCUT2D eigenvalue weighted by molar-refractivity contribution is 14.0. The summed E-state index contributed by atoms with van der Waals surface area (Å²) in [7, 11) is 0. The molecule has 1 aromatic carbocycles. The average Bonchev–Trinajstić information content (AvgIpc) is 3.45. The normalized spacial score (nSPS) is 12.2. The highest BCUT2D eigenvalue weighted by atomic mass is 127. The Morgan fingerprint density at radius 1 is 1.25 bits per heavy atom. The molecule has 0 amide bonds. The second-order valence-electron chi connectivity index (χ2n) is 7.40. The molecule has 8 nitrogen and oxygen atoms in total. The quantitative estimate of drug-likeness (QED) is 0.195. The fourth-order valence-corrected chi connectivity index (χ4v) is 2.93. The van der Waals surface area contributed by atoms with Crippen LogP contribution in [0.15, 0.2) is 46.0 Å². The van der Waals surface area contributed by atoms with Crippen LogP contribution in [0.1, 0.15) is 44.1 Å². The van der Waals surface area contributed by atoms with Crippen LogP contribution in [-0.4, -0.2) is 40.3 Å². The molecule has 9 heteroatoms. The largest absolute Gasteiger partial charge is 0.490 e. The van der Waals surface area contributed by atoms with Gasteiger partial charge >= 0.3 is 0 Å². The minimum Gasteiger partial charge on any atom is -0.490 e. The summed E-state index contributed by atoms with van der Waals surface area (Å²) in [5, 5.41) is 13.8. The standard InChI is InChI=1S/C23H32N6O2.HI/c1-5-17(4)31-20-14-16(3)9-10-18(20)15-26-23(24-6-2)25-12-11-21-27-22(29-28-21)19-8-7-13-30-19;/h7-10,13-14,17H,5-6,11-12,15H2,1-4H3,(H2,24,25,26)(H,27,28,29);1H. The van der Waals surface area contributed by atoms with E-state index in [9.17, 15) is 0 Å². The summed E-state index contributed by atoms with van der Waals surface area (Å²) in [6.07, 6.45) is 3.43. The first kappa shape index (κ1) is 25.7. The van der Waals surface area contributed by atoms with Crippen LogP contribution >= 0.6 is 24.0 Å². The van der Waals surface area contributed by atoms with Crippen molar-refractivity contribution in [3.8, 4) is 17.3 Å². The molecule has 174 valence electrons. The lowest BCUT2D eigenvalue weighted by Crippen LogP contribution is -2.38. The van der Waals surface area contributed by atoms with Gasteiger partial charge in [0.15, 0.2) is 11.7 Å². The third-order valence-corrected chi connectivity index (χ3v) is 4.80. The molecule has 0 bridgehead atoms. The molecule has 2 heterocycles. The minimum atomic E-state index is 0. The lowest BCUT2D eigenvalue weighted by atomic mass is 10.1. The molecule has 0 radical (unpaired) electrons. The van der Waals surface area contributed by atoms with Crippen LogP contribution in [0, 0.1) is 6.92 Å². The number of hydrogen-bond acceptors (Lipinski definition) is 5. The number of rotatable bonds is 10. The van der Waals surface area contributed by atoms with Crippen molar-refractivity contribution in [2.75, 3.05) is 13.1 Å². The number of aromatic amines is 1. The van der Waals surface area contributed by atoms with Crippen LogP contribution in [0.2, 0.25) is 0 Å². The zero-order valence-corrected chi connectivity index (χ0v) is 21.5. The van der Waals surface area contributed by atoms with Gasteiger partial charge in [-0.15, -0.1) is 24.0 Å². The molecule has 0 aliphatic rings. The first-order chi connectivity index (χ1) is 15.1. The van der Waals surface area contributed by atoms with Gasteiger partial charge in [-0.2, -0.15) is 5.10 Å². The van der Waals surface area contributed by atoms with E-state index in [2.05, 4.69) is 64.8 Å². The van der Waals surface area contributed by atoms with Crippen LogP contribution in [0.4, 0.5) is 0 Å². The number of H-pyrrole nitrogens is 1. The molecule has 3 N–H and O–H groups in total. The third kappa shape index (κ3) is 7.54. The maximum atomic E-state index is 6.10. The molecule has 3 aromatic rings. The summed E-state index contributed by atoms with van der Waals surface area (Å²) >= 11 is 0. The molecule has 32 heavy (non-hydrogen) atoms. The van der Waals surface area contributed by atoms with Gasteiger partial charge in [0.25, 0.3) is 0 Å². The molecular formula is C23H33IN6O2. The third-order valence-electron chi connectivity index (χ3n) is 4.80. The Morgan fingerprint density at radius 2 is 2.09 bits per heavy atom. The van der Waals surface area contributed by atoms with E-state index in [0.717, 1.165) is 36.1 Å². The van der Waals surface area contributed by atoms with Gasteiger partial charge in [0, 0.05) is 25.1 Å². The molecule has 1 atom stereocenters. The summed E-state index contributed by atoms with van der Waals surface area (Å²) in [6, 6.07) is 9.92. The summed E-state index contributed by atoms with van der Waals surface area (Å²) in [5.74, 6) is 3.66. The van der Waals surface area contributed by atoms with Gasteiger partial charge in [-0.1, -0.05) is 19.1 Å². The topological polar surface area (TPSA) is 100 Å². The van der Waals surface area contributed by atoms with Gasteiger partial charge in [0.05, 0.1) is 18.9 Å². The molecule has 0 saturated heterocycles. The lowest BCUT2D eigenvalue weighted by molar-refractivity contribution is 0.215. The molecule has 0 aliphatic heterocycles. The number of aliphatic imine (C=N–C) groups is 1. The van der Waals surface area contributed by atoms with E-state index in [-0.39, 0.29) is 30.1 Å². The van der Waals surface area contributed by atoms with Crippen LogP contribution in [-0.2, 0) is 13.0 Å². The predicted molar refractivity (Wildman–Crippen MR) is 138 cm³/mol. The van der Waals surface area contributed by atoms with Crippen molar-refractivity contribution in [2.24, 2.45) is 4.99 Å². The summed E-state index contributed by atoms with van der Waals surface area (Å²) in [5.41, 5.74) is 2.25. The molecular weight excluding hydrogens is 519 g/mol. The van der Waals surface area contributed by atoms with Crippen molar-refractivity contribution in [2.45, 2.75) is 53.2 Å². The van der Waals surface area contributed by atoms with Crippen LogP contribution in [0.25, 0.3) is 11.6 Å². The monoisotopic (exact) mass is 552 g/mol. The van der Waals surface area contributed by atoms with Gasteiger partial charge in [0.1, 0.15) is 11.6 Å². The maximum absolute atomic E-state index is 6.10. The number of hydrogen-bond donors (Lipinski definition) is 3. The van der Waals surface area contributed by atoms with Gasteiger partial charge in [-0.05, 0) is 51.0 Å². The van der Waals surface area contributed by atoms with Crippen LogP contribution in [0.3, 0.4) is 0 Å². The zero-order valence-electron chi connectivity index (χ0n) is 19.1. The first-order valence-corrected chi connectivity index (χ1v) is 10.8. The number of ether oxygens (including phenoxy) is 1. The minimum absolute atomic E-state index is 0. The van der Waals surface area contributed by atoms with Crippen LogP contribution in [0.5, 0.6) is 5.75 Å². The van der Waals surface area contributed by atoms with Crippen molar-refractivity contribution in [1.82, 2.24) is 25.8 Å². The van der Waals surface area contributed by atoms with E-state index in [0.29, 0.717) is 31.1 Å². The smallest absolute Gasteiger partial charge is 0.216 e. The van der Waals surface area contributed by atoms with Crippen molar-refractivity contribution in [3.05, 3.63) is 53.5 Å². The van der Waals surface area contributed by atoms with E-state index < -0.39 is 0 Å². The van der Waals surface area contributed by atoms with Gasteiger partial charge < -0.3 is 19.8 Å². The van der Waals surface area contributed by atoms with Crippen LogP contribution < -0.4 is 15.4 Å². The fourth-order valence-electron chi connectivity index (χ4n) is 2.93. The second-order valence-corrected chi connectivity index (χ2v) is 7.40. The number of nitrogens with zero attached hydrogens (tertiary/aromatic N) is 3. The first-order valence-electron chi connectivity index (χ1n) is 10.8. The summed E-state index contributed by atoms with van der Waals surface area (Å²) in [6.45, 7) is 10.3. The number of furan rings is 1. The highest BCUT2D eigenvalue weighted by Gasteiger charge is 2.10. The zero-order chi connectivity index (χ0) is 22.1. The molecule has 0 spiro atoms. The number of benzene rings is 1. The van der Waals surface area contributed by atoms with E-state index in [1.807, 2.05) is 19.1 Å². The Kier molecular flexibility index (Phi) is 10.5. The number of aryl methyl sites for hydroxylation is 1. The predicted octanol–water partition coefficient (Wildman–Crippen LogP) is 4.47. The van der Waals surface area contributed by atoms with Crippen molar-refractivity contribution < 1.29 is 9.15 Å². The Balaban J connectivity index is 0.00000363. The highest BCUT2D eigenvalue weighted by Crippen LogP contribution is 2.23. The molecule has 3 rings (SSSR count). The summed E-state index contributed by atoms with van der Waals surface area (Å²) < 4.78 is 11.4.